The van der Waals surface area contributed by atoms with Gasteiger partial charge in [-0.1, -0.05) is 0 Å². The minimum atomic E-state index is -0.855. The molecule has 0 amide bonds. The van der Waals surface area contributed by atoms with Crippen LogP contribution in [-0.4, -0.2) is 61.8 Å². The summed E-state index contributed by atoms with van der Waals surface area (Å²) in [6, 6.07) is 0. The Morgan fingerprint density at radius 1 is 1.44 bits per heavy atom. The maximum atomic E-state index is 10.2. The number of ether oxygens (including phenoxy) is 2. The van der Waals surface area contributed by atoms with Crippen molar-refractivity contribution in [2.45, 2.75) is 25.6 Å². The molecule has 0 bridgehead atoms. The van der Waals surface area contributed by atoms with E-state index in [4.69, 9.17) is 14.6 Å². The third-order valence-electron chi connectivity index (χ3n) is 1.87. The maximum Gasteiger partial charge on any atom is 0.304 e. The highest BCUT2D eigenvalue weighted by molar-refractivity contribution is 5.66. The van der Waals surface area contributed by atoms with Gasteiger partial charge in [-0.15, -0.1) is 0 Å². The van der Waals surface area contributed by atoms with Crippen LogP contribution in [0.3, 0.4) is 0 Å². The minimum absolute atomic E-state index is 0.0493. The van der Waals surface area contributed by atoms with E-state index >= 15 is 0 Å². The molecule has 0 aromatic heterocycles. The molecule has 0 saturated carbocycles. The fraction of sp³-hybridized carbons (Fsp3) is 0.900. The van der Waals surface area contributed by atoms with Crippen LogP contribution in [-0.2, 0) is 14.3 Å². The predicted molar refractivity (Wildman–Crippen MR) is 58.4 cm³/mol. The SMILES string of the molecule is COCC(C)OCC(O)CNCCC(=O)O. The van der Waals surface area contributed by atoms with E-state index in [2.05, 4.69) is 5.32 Å². The highest BCUT2D eigenvalue weighted by Gasteiger charge is 2.07. The second-order valence-corrected chi connectivity index (χ2v) is 3.60. The molecule has 0 rings (SSSR count). The van der Waals surface area contributed by atoms with E-state index in [1.807, 2.05) is 6.92 Å². The molecule has 16 heavy (non-hydrogen) atoms. The predicted octanol–water partition coefficient (Wildman–Crippen LogP) is -0.537. The first-order chi connectivity index (χ1) is 7.56. The number of hydrogen-bond acceptors (Lipinski definition) is 5. The van der Waals surface area contributed by atoms with Crippen LogP contribution in [0.5, 0.6) is 0 Å². The molecule has 0 aliphatic heterocycles. The van der Waals surface area contributed by atoms with Crippen molar-refractivity contribution in [1.29, 1.82) is 0 Å². The Bertz CT molecular complexity index is 188. The standard InChI is InChI=1S/C10H21NO5/c1-8(6-15-2)16-7-9(12)5-11-4-3-10(13)14/h8-9,11-12H,3-7H2,1-2H3,(H,13,14). The monoisotopic (exact) mass is 235 g/mol. The highest BCUT2D eigenvalue weighted by atomic mass is 16.5. The van der Waals surface area contributed by atoms with Crippen LogP contribution < -0.4 is 5.32 Å². The maximum absolute atomic E-state index is 10.2. The summed E-state index contributed by atoms with van der Waals surface area (Å²) in [5.74, 6) is -0.855. The summed E-state index contributed by atoms with van der Waals surface area (Å²) >= 11 is 0. The zero-order valence-electron chi connectivity index (χ0n) is 9.81. The summed E-state index contributed by atoms with van der Waals surface area (Å²) in [5, 5.41) is 20.7. The molecule has 3 N–H and O–H groups in total. The Morgan fingerprint density at radius 2 is 2.12 bits per heavy atom. The lowest BCUT2D eigenvalue weighted by molar-refractivity contribution is -0.136. The lowest BCUT2D eigenvalue weighted by Crippen LogP contribution is -2.33. The number of carbonyl (C=O) groups is 1. The third kappa shape index (κ3) is 9.85. The molecule has 0 aromatic carbocycles. The molecular weight excluding hydrogens is 214 g/mol. The Morgan fingerprint density at radius 3 is 2.69 bits per heavy atom. The van der Waals surface area contributed by atoms with E-state index in [-0.39, 0.29) is 19.1 Å². The molecule has 0 aliphatic carbocycles. The minimum Gasteiger partial charge on any atom is -0.481 e. The van der Waals surface area contributed by atoms with E-state index in [0.717, 1.165) is 0 Å². The number of carboxylic acids is 1. The van der Waals surface area contributed by atoms with Crippen LogP contribution >= 0.6 is 0 Å². The molecule has 6 nitrogen and oxygen atoms in total. The van der Waals surface area contributed by atoms with Gasteiger partial charge >= 0.3 is 5.97 Å². The first-order valence-corrected chi connectivity index (χ1v) is 5.27. The number of aliphatic carboxylic acids is 1. The Balaban J connectivity index is 3.37. The summed E-state index contributed by atoms with van der Waals surface area (Å²) in [4.78, 5) is 10.2. The summed E-state index contributed by atoms with van der Waals surface area (Å²) < 4.78 is 10.2. The van der Waals surface area contributed by atoms with Gasteiger partial charge in [-0.25, -0.2) is 0 Å². The Kier molecular flexibility index (Phi) is 9.12. The Labute approximate surface area is 95.6 Å². The molecule has 2 atom stereocenters. The molecule has 6 heteroatoms. The van der Waals surface area contributed by atoms with Crippen molar-refractivity contribution >= 4 is 5.97 Å². The van der Waals surface area contributed by atoms with Gasteiger partial charge in [0, 0.05) is 20.2 Å². The van der Waals surface area contributed by atoms with Crippen molar-refractivity contribution in [2.24, 2.45) is 0 Å². The van der Waals surface area contributed by atoms with Gasteiger partial charge in [-0.05, 0) is 6.92 Å². The summed E-state index contributed by atoms with van der Waals surface area (Å²) in [6.45, 7) is 3.23. The van der Waals surface area contributed by atoms with Gasteiger partial charge < -0.3 is 25.0 Å². The fourth-order valence-corrected chi connectivity index (χ4v) is 1.08. The molecule has 0 saturated heterocycles. The van der Waals surface area contributed by atoms with E-state index in [0.29, 0.717) is 19.7 Å². The van der Waals surface area contributed by atoms with Gasteiger partial charge in [-0.2, -0.15) is 0 Å². The Hall–Kier alpha value is -0.690. The van der Waals surface area contributed by atoms with Crippen molar-refractivity contribution < 1.29 is 24.5 Å². The number of rotatable bonds is 10. The molecule has 0 fully saturated rings. The first-order valence-electron chi connectivity index (χ1n) is 5.27. The second-order valence-electron chi connectivity index (χ2n) is 3.60. The molecule has 0 radical (unpaired) electrons. The van der Waals surface area contributed by atoms with E-state index in [1.165, 1.54) is 0 Å². The van der Waals surface area contributed by atoms with Crippen LogP contribution in [0.4, 0.5) is 0 Å². The van der Waals surface area contributed by atoms with Crippen LogP contribution in [0, 0.1) is 0 Å². The van der Waals surface area contributed by atoms with Crippen molar-refractivity contribution in [2.75, 3.05) is 33.4 Å². The summed E-state index contributed by atoms with van der Waals surface area (Å²) in [7, 11) is 1.59. The van der Waals surface area contributed by atoms with Gasteiger partial charge in [-0.3, -0.25) is 4.79 Å². The third-order valence-corrected chi connectivity index (χ3v) is 1.87. The van der Waals surface area contributed by atoms with Gasteiger partial charge in [0.25, 0.3) is 0 Å². The topological polar surface area (TPSA) is 88.0 Å². The largest absolute Gasteiger partial charge is 0.481 e. The smallest absolute Gasteiger partial charge is 0.304 e. The number of carboxylic acid groups (broad SMARTS) is 1. The van der Waals surface area contributed by atoms with Gasteiger partial charge in [0.05, 0.1) is 31.8 Å². The van der Waals surface area contributed by atoms with Crippen molar-refractivity contribution in [3.63, 3.8) is 0 Å². The van der Waals surface area contributed by atoms with Crippen molar-refractivity contribution in [3.05, 3.63) is 0 Å². The fourth-order valence-electron chi connectivity index (χ4n) is 1.08. The van der Waals surface area contributed by atoms with Crippen molar-refractivity contribution in [1.82, 2.24) is 5.32 Å². The molecule has 2 unspecified atom stereocenters. The molecule has 0 aliphatic rings. The molecule has 0 aromatic rings. The summed E-state index contributed by atoms with van der Waals surface area (Å²) in [5.41, 5.74) is 0. The second kappa shape index (κ2) is 9.53. The zero-order valence-corrected chi connectivity index (χ0v) is 9.81. The average Bonchev–Trinajstić information content (AvgIpc) is 2.22. The average molecular weight is 235 g/mol. The van der Waals surface area contributed by atoms with Gasteiger partial charge in [0.15, 0.2) is 0 Å². The van der Waals surface area contributed by atoms with Crippen LogP contribution in [0.1, 0.15) is 13.3 Å². The van der Waals surface area contributed by atoms with E-state index in [1.54, 1.807) is 7.11 Å². The van der Waals surface area contributed by atoms with Crippen LogP contribution in [0.2, 0.25) is 0 Å². The molecule has 96 valence electrons. The quantitative estimate of drug-likeness (QED) is 0.441. The van der Waals surface area contributed by atoms with Crippen LogP contribution in [0.15, 0.2) is 0 Å². The number of nitrogens with one attached hydrogen (secondary N) is 1. The van der Waals surface area contributed by atoms with E-state index < -0.39 is 12.1 Å². The van der Waals surface area contributed by atoms with Crippen LogP contribution in [0.25, 0.3) is 0 Å². The lowest BCUT2D eigenvalue weighted by Gasteiger charge is -2.16. The summed E-state index contributed by atoms with van der Waals surface area (Å²) in [6.07, 6.45) is -0.639. The number of aliphatic hydroxyl groups excluding tert-OH is 1. The zero-order chi connectivity index (χ0) is 12.4. The number of methoxy groups -OCH3 is 1. The normalized spacial score (nSPS) is 14.7. The number of hydrogen-bond donors (Lipinski definition) is 3. The van der Waals surface area contributed by atoms with E-state index in [9.17, 15) is 9.90 Å². The molecule has 0 spiro atoms. The molecule has 0 heterocycles. The van der Waals surface area contributed by atoms with Gasteiger partial charge in [0.1, 0.15) is 0 Å². The molecular formula is C10H21NO5. The number of aliphatic hydroxyl groups is 1. The van der Waals surface area contributed by atoms with Crippen molar-refractivity contribution in [3.8, 4) is 0 Å². The first kappa shape index (κ1) is 15.3. The highest BCUT2D eigenvalue weighted by Crippen LogP contribution is 1.93. The van der Waals surface area contributed by atoms with Gasteiger partial charge in [0.2, 0.25) is 0 Å². The lowest BCUT2D eigenvalue weighted by atomic mass is 10.3.